The van der Waals surface area contributed by atoms with Crippen molar-refractivity contribution >= 4 is 51.9 Å². The van der Waals surface area contributed by atoms with Crippen molar-refractivity contribution in [2.75, 3.05) is 17.7 Å². The van der Waals surface area contributed by atoms with Crippen molar-refractivity contribution in [1.82, 2.24) is 24.8 Å². The van der Waals surface area contributed by atoms with E-state index in [-0.39, 0.29) is 33.6 Å². The summed E-state index contributed by atoms with van der Waals surface area (Å²) in [6.07, 6.45) is 1.85. The number of methoxy groups -OCH3 is 1. The van der Waals surface area contributed by atoms with Gasteiger partial charge in [-0.25, -0.2) is 23.5 Å². The molecule has 2 aromatic heterocycles. The van der Waals surface area contributed by atoms with E-state index in [1.807, 2.05) is 0 Å². The number of carbonyl (C=O) groups excluding carboxylic acids is 3. The Morgan fingerprint density at radius 2 is 2.00 bits per heavy atom. The first-order chi connectivity index (χ1) is 19.6. The maximum atomic E-state index is 15.2. The molecule has 5 rings (SSSR count). The predicted molar refractivity (Wildman–Crippen MR) is 148 cm³/mol. The number of carbonyl (C=O) groups is 3. The largest absolute Gasteiger partial charge is 0.453 e. The van der Waals surface area contributed by atoms with Crippen LogP contribution in [0.2, 0.25) is 5.15 Å². The van der Waals surface area contributed by atoms with Crippen molar-refractivity contribution in [3.8, 4) is 11.3 Å². The Morgan fingerprint density at radius 3 is 2.76 bits per heavy atom. The van der Waals surface area contributed by atoms with Gasteiger partial charge in [-0.2, -0.15) is 0 Å². The van der Waals surface area contributed by atoms with Gasteiger partial charge in [-0.15, -0.1) is 0 Å². The second-order valence-corrected chi connectivity index (χ2v) is 10.2. The highest BCUT2D eigenvalue weighted by Gasteiger charge is 2.28. The number of fused-ring (bicyclic) bond motifs is 5. The van der Waals surface area contributed by atoms with E-state index >= 15 is 4.39 Å². The SMILES string of the molecule is COC(=O)Nc1ccc2c(c1)NC(=O)C(C)CCC[C@H](NC(=O)c1c(F)cc3c(ncn3C)c1F)c1nc-2c(Cl)[nH]1. The molecule has 14 heteroatoms. The van der Waals surface area contributed by atoms with Crippen LogP contribution in [0.3, 0.4) is 0 Å². The lowest BCUT2D eigenvalue weighted by Gasteiger charge is -2.20. The van der Waals surface area contributed by atoms with Crippen molar-refractivity contribution in [1.29, 1.82) is 0 Å². The molecule has 2 bridgehead atoms. The second-order valence-electron chi connectivity index (χ2n) is 9.78. The molecule has 41 heavy (non-hydrogen) atoms. The smallest absolute Gasteiger partial charge is 0.411 e. The monoisotopic (exact) mass is 585 g/mol. The van der Waals surface area contributed by atoms with E-state index < -0.39 is 41.2 Å². The van der Waals surface area contributed by atoms with Crippen molar-refractivity contribution in [2.24, 2.45) is 13.0 Å². The van der Waals surface area contributed by atoms with Crippen LogP contribution >= 0.6 is 11.6 Å². The molecule has 3 amide bonds. The highest BCUT2D eigenvalue weighted by Crippen LogP contribution is 2.36. The third-order valence-corrected chi connectivity index (χ3v) is 7.27. The van der Waals surface area contributed by atoms with Crippen molar-refractivity contribution < 1.29 is 27.9 Å². The van der Waals surface area contributed by atoms with Crippen molar-refractivity contribution in [3.05, 3.63) is 58.8 Å². The highest BCUT2D eigenvalue weighted by atomic mass is 35.5. The van der Waals surface area contributed by atoms with Crippen LogP contribution in [0, 0.1) is 17.6 Å². The summed E-state index contributed by atoms with van der Waals surface area (Å²) in [4.78, 5) is 49.5. The van der Waals surface area contributed by atoms with Gasteiger partial charge >= 0.3 is 6.09 Å². The third kappa shape index (κ3) is 5.44. The number of ether oxygens (including phenoxy) is 1. The summed E-state index contributed by atoms with van der Waals surface area (Å²) in [6.45, 7) is 1.76. The standard InChI is InChI=1S/C27H26ClF2N7O4/c1-12-5-4-6-16(33-26(39)19-15(29)10-18-22(20(19)30)31-11-37(18)2)24-35-21(23(28)36-24)14-8-7-13(32-27(40)41-3)9-17(14)34-25(12)38/h7-12,16H,4-6H2,1-3H3,(H,32,40)(H,33,39)(H,34,38)(H,35,36)/t12?,16-/m0/s1. The Balaban J connectivity index is 1.53. The van der Waals surface area contributed by atoms with E-state index in [2.05, 4.69) is 35.6 Å². The van der Waals surface area contributed by atoms with Gasteiger partial charge in [0.1, 0.15) is 33.6 Å². The molecule has 11 nitrogen and oxygen atoms in total. The number of nitrogens with zero attached hydrogens (tertiary/aromatic N) is 3. The molecule has 0 spiro atoms. The lowest BCUT2D eigenvalue weighted by molar-refractivity contribution is -0.119. The number of aromatic amines is 1. The number of rotatable bonds is 3. The number of hydrogen-bond acceptors (Lipinski definition) is 6. The first kappa shape index (κ1) is 28.0. The van der Waals surface area contributed by atoms with Crippen LogP contribution in [0.4, 0.5) is 25.0 Å². The molecule has 1 aliphatic heterocycles. The molecule has 1 aliphatic rings. The number of anilines is 2. The molecule has 3 heterocycles. The van der Waals surface area contributed by atoms with Crippen LogP contribution in [0.5, 0.6) is 0 Å². The lowest BCUT2D eigenvalue weighted by atomic mass is 9.99. The minimum absolute atomic E-state index is 0.114. The van der Waals surface area contributed by atoms with Crippen LogP contribution in [-0.2, 0) is 16.6 Å². The molecule has 0 radical (unpaired) electrons. The summed E-state index contributed by atoms with van der Waals surface area (Å²) in [5, 5.41) is 8.22. The molecule has 4 aromatic rings. The van der Waals surface area contributed by atoms with Crippen LogP contribution in [-0.4, -0.2) is 44.5 Å². The molecular formula is C27H26ClF2N7O4. The zero-order valence-electron chi connectivity index (χ0n) is 22.3. The van der Waals surface area contributed by atoms with E-state index in [0.717, 1.165) is 6.07 Å². The van der Waals surface area contributed by atoms with Crippen LogP contribution in [0.25, 0.3) is 22.3 Å². The van der Waals surface area contributed by atoms with Crippen LogP contribution in [0.1, 0.15) is 48.4 Å². The summed E-state index contributed by atoms with van der Waals surface area (Å²) in [5.41, 5.74) is 0.729. The minimum Gasteiger partial charge on any atom is -0.453 e. The fourth-order valence-electron chi connectivity index (χ4n) is 4.74. The molecule has 0 saturated heterocycles. The molecule has 214 valence electrons. The summed E-state index contributed by atoms with van der Waals surface area (Å²) in [5.74, 6) is -3.52. The van der Waals surface area contributed by atoms with Gasteiger partial charge in [-0.05, 0) is 31.0 Å². The highest BCUT2D eigenvalue weighted by molar-refractivity contribution is 6.32. The first-order valence-electron chi connectivity index (χ1n) is 12.7. The zero-order chi connectivity index (χ0) is 29.4. The molecule has 2 atom stereocenters. The number of halogens is 3. The normalized spacial score (nSPS) is 17.2. The van der Waals surface area contributed by atoms with Crippen LogP contribution in [0.15, 0.2) is 30.6 Å². The van der Waals surface area contributed by atoms with Crippen molar-refractivity contribution in [2.45, 2.75) is 32.2 Å². The minimum atomic E-state index is -1.07. The Kier molecular flexibility index (Phi) is 7.63. The van der Waals surface area contributed by atoms with E-state index in [9.17, 15) is 18.8 Å². The zero-order valence-corrected chi connectivity index (χ0v) is 23.0. The Hall–Kier alpha value is -4.52. The Bertz CT molecular complexity index is 1690. The number of aryl methyl sites for hydroxylation is 1. The Morgan fingerprint density at radius 1 is 1.22 bits per heavy atom. The quantitative estimate of drug-likeness (QED) is 0.257. The Labute approximate surface area is 237 Å². The molecule has 2 aromatic carbocycles. The molecular weight excluding hydrogens is 560 g/mol. The molecule has 0 fully saturated rings. The van der Waals surface area contributed by atoms with Crippen LogP contribution < -0.4 is 16.0 Å². The average molecular weight is 586 g/mol. The average Bonchev–Trinajstić information content (AvgIpc) is 3.50. The van der Waals surface area contributed by atoms with Gasteiger partial charge in [-0.1, -0.05) is 24.9 Å². The van der Waals surface area contributed by atoms with E-state index in [1.54, 1.807) is 32.2 Å². The number of H-pyrrole nitrogens is 1. The lowest BCUT2D eigenvalue weighted by Crippen LogP contribution is -2.31. The third-order valence-electron chi connectivity index (χ3n) is 6.99. The summed E-state index contributed by atoms with van der Waals surface area (Å²) < 4.78 is 36.3. The number of nitrogens with one attached hydrogen (secondary N) is 4. The number of amides is 3. The van der Waals surface area contributed by atoms with E-state index in [4.69, 9.17) is 11.6 Å². The number of aromatic nitrogens is 4. The van der Waals surface area contributed by atoms with Gasteiger partial charge in [0, 0.05) is 30.3 Å². The van der Waals surface area contributed by atoms with Gasteiger partial charge in [0.2, 0.25) is 5.91 Å². The number of imidazole rings is 2. The first-order valence-corrected chi connectivity index (χ1v) is 13.1. The predicted octanol–water partition coefficient (Wildman–Crippen LogP) is 5.30. The second kappa shape index (κ2) is 11.2. The maximum absolute atomic E-state index is 15.2. The summed E-state index contributed by atoms with van der Waals surface area (Å²) in [7, 11) is 2.82. The van der Waals surface area contributed by atoms with Crippen molar-refractivity contribution in [3.63, 3.8) is 0 Å². The van der Waals surface area contributed by atoms with E-state index in [1.165, 1.54) is 18.0 Å². The molecule has 1 unspecified atom stereocenters. The summed E-state index contributed by atoms with van der Waals surface area (Å²) in [6, 6.07) is 4.99. The molecule has 0 saturated carbocycles. The van der Waals surface area contributed by atoms with E-state index in [0.29, 0.717) is 36.2 Å². The molecule has 4 N–H and O–H groups in total. The van der Waals surface area contributed by atoms with Gasteiger partial charge in [-0.3, -0.25) is 14.9 Å². The topological polar surface area (TPSA) is 143 Å². The molecule has 0 aliphatic carbocycles. The maximum Gasteiger partial charge on any atom is 0.411 e. The van der Waals surface area contributed by atoms with Gasteiger partial charge < -0.3 is 24.9 Å². The van der Waals surface area contributed by atoms with Gasteiger partial charge in [0.15, 0.2) is 5.82 Å². The summed E-state index contributed by atoms with van der Waals surface area (Å²) >= 11 is 6.53. The fraction of sp³-hybridized carbons (Fsp3) is 0.296. The number of benzene rings is 2. The fourth-order valence-corrected chi connectivity index (χ4v) is 4.98. The van der Waals surface area contributed by atoms with Gasteiger partial charge in [0.25, 0.3) is 5.91 Å². The van der Waals surface area contributed by atoms with Gasteiger partial charge in [0.05, 0.1) is 30.7 Å². The number of hydrogen-bond donors (Lipinski definition) is 4.